The lowest BCUT2D eigenvalue weighted by atomic mass is 10.1. The van der Waals surface area contributed by atoms with Crippen LogP contribution in [0.15, 0.2) is 0 Å². The van der Waals surface area contributed by atoms with E-state index in [0.717, 1.165) is 26.1 Å². The molecule has 3 heteroatoms. The van der Waals surface area contributed by atoms with E-state index in [2.05, 4.69) is 25.7 Å². The van der Waals surface area contributed by atoms with Crippen molar-refractivity contribution in [3.8, 4) is 0 Å². The van der Waals surface area contributed by atoms with E-state index in [1.807, 2.05) is 0 Å². The van der Waals surface area contributed by atoms with Crippen LogP contribution >= 0.6 is 0 Å². The molecule has 0 aromatic rings. The van der Waals surface area contributed by atoms with Gasteiger partial charge in [0.05, 0.1) is 18.8 Å². The van der Waals surface area contributed by atoms with Gasteiger partial charge in [0.25, 0.3) is 0 Å². The summed E-state index contributed by atoms with van der Waals surface area (Å²) >= 11 is 0. The Bertz CT molecular complexity index is 189. The lowest BCUT2D eigenvalue weighted by Crippen LogP contribution is -2.40. The first-order valence-electron chi connectivity index (χ1n) is 6.52. The summed E-state index contributed by atoms with van der Waals surface area (Å²) in [6, 6.07) is 0.353. The van der Waals surface area contributed by atoms with Crippen LogP contribution in [0.5, 0.6) is 0 Å². The standard InChI is InChI=1S/C13H27NO2/c1-13(2,3)16-10-9-14-8-6-4-5-7-12(14)11-15/h12,15H,4-11H2,1-3H3. The molecule has 0 aromatic carbocycles. The third-order valence-electron chi connectivity index (χ3n) is 3.12. The van der Waals surface area contributed by atoms with E-state index in [9.17, 15) is 5.11 Å². The van der Waals surface area contributed by atoms with E-state index < -0.39 is 0 Å². The summed E-state index contributed by atoms with van der Waals surface area (Å²) < 4.78 is 5.74. The molecule has 1 atom stereocenters. The predicted molar refractivity (Wildman–Crippen MR) is 66.6 cm³/mol. The first-order valence-corrected chi connectivity index (χ1v) is 6.52. The zero-order valence-electron chi connectivity index (χ0n) is 11.0. The Balaban J connectivity index is 2.31. The third kappa shape index (κ3) is 5.28. The van der Waals surface area contributed by atoms with Gasteiger partial charge in [0, 0.05) is 12.6 Å². The van der Waals surface area contributed by atoms with E-state index in [4.69, 9.17) is 4.74 Å². The Morgan fingerprint density at radius 1 is 1.25 bits per heavy atom. The molecule has 0 saturated carbocycles. The number of aliphatic hydroxyl groups is 1. The summed E-state index contributed by atoms with van der Waals surface area (Å²) in [5, 5.41) is 9.36. The minimum absolute atomic E-state index is 0.0550. The molecule has 1 fully saturated rings. The molecule has 1 aliphatic rings. The molecule has 0 amide bonds. The van der Waals surface area contributed by atoms with Gasteiger partial charge in [-0.1, -0.05) is 12.8 Å². The first kappa shape index (κ1) is 13.9. The molecule has 1 heterocycles. The molecule has 16 heavy (non-hydrogen) atoms. The number of hydrogen-bond donors (Lipinski definition) is 1. The average Bonchev–Trinajstić information content (AvgIpc) is 2.41. The molecular weight excluding hydrogens is 202 g/mol. The molecule has 0 aliphatic carbocycles. The molecule has 96 valence electrons. The molecule has 0 radical (unpaired) electrons. The van der Waals surface area contributed by atoms with Crippen LogP contribution < -0.4 is 0 Å². The van der Waals surface area contributed by atoms with Gasteiger partial charge < -0.3 is 9.84 Å². The van der Waals surface area contributed by atoms with Crippen molar-refractivity contribution in [1.82, 2.24) is 4.90 Å². The normalized spacial score (nSPS) is 24.4. The summed E-state index contributed by atoms with van der Waals surface area (Å²) in [4.78, 5) is 2.39. The lowest BCUT2D eigenvalue weighted by molar-refractivity contribution is -0.0204. The summed E-state index contributed by atoms with van der Waals surface area (Å²) in [6.45, 7) is 9.35. The highest BCUT2D eigenvalue weighted by Gasteiger charge is 2.20. The number of likely N-dealkylation sites (tertiary alicyclic amines) is 1. The third-order valence-corrected chi connectivity index (χ3v) is 3.12. The van der Waals surface area contributed by atoms with Crippen LogP contribution in [0.4, 0.5) is 0 Å². The van der Waals surface area contributed by atoms with Crippen molar-refractivity contribution in [2.24, 2.45) is 0 Å². The van der Waals surface area contributed by atoms with Crippen LogP contribution in [0.3, 0.4) is 0 Å². The fourth-order valence-electron chi connectivity index (χ4n) is 2.21. The monoisotopic (exact) mass is 229 g/mol. The second-order valence-electron chi connectivity index (χ2n) is 5.68. The van der Waals surface area contributed by atoms with Gasteiger partial charge in [-0.15, -0.1) is 0 Å². The van der Waals surface area contributed by atoms with Crippen molar-refractivity contribution in [1.29, 1.82) is 0 Å². The molecule has 3 nitrogen and oxygen atoms in total. The molecule has 0 spiro atoms. The highest BCUT2D eigenvalue weighted by atomic mass is 16.5. The fraction of sp³-hybridized carbons (Fsp3) is 1.00. The van der Waals surface area contributed by atoms with E-state index in [1.165, 1.54) is 19.3 Å². The Morgan fingerprint density at radius 3 is 2.62 bits per heavy atom. The largest absolute Gasteiger partial charge is 0.395 e. The minimum Gasteiger partial charge on any atom is -0.395 e. The fourth-order valence-corrected chi connectivity index (χ4v) is 2.21. The van der Waals surface area contributed by atoms with E-state index in [1.54, 1.807) is 0 Å². The number of rotatable bonds is 4. The second kappa shape index (κ2) is 6.58. The molecule has 1 rings (SSSR count). The van der Waals surface area contributed by atoms with Crippen molar-refractivity contribution in [3.63, 3.8) is 0 Å². The van der Waals surface area contributed by atoms with Gasteiger partial charge in [-0.25, -0.2) is 0 Å². The van der Waals surface area contributed by atoms with Crippen LogP contribution in [0, 0.1) is 0 Å². The van der Waals surface area contributed by atoms with Gasteiger partial charge >= 0.3 is 0 Å². The summed E-state index contributed by atoms with van der Waals surface area (Å²) in [7, 11) is 0. The highest BCUT2D eigenvalue weighted by Crippen LogP contribution is 2.16. The Kier molecular flexibility index (Phi) is 5.73. The predicted octanol–water partition coefficient (Wildman–Crippen LogP) is 2.04. The van der Waals surface area contributed by atoms with Gasteiger partial charge in [0.1, 0.15) is 0 Å². The molecule has 0 bridgehead atoms. The second-order valence-corrected chi connectivity index (χ2v) is 5.68. The maximum Gasteiger partial charge on any atom is 0.0600 e. The summed E-state index contributed by atoms with van der Waals surface area (Å²) in [5.74, 6) is 0. The average molecular weight is 229 g/mol. The van der Waals surface area contributed by atoms with Gasteiger partial charge in [-0.2, -0.15) is 0 Å². The molecule has 1 saturated heterocycles. The van der Waals surface area contributed by atoms with Crippen LogP contribution in [-0.2, 0) is 4.74 Å². The van der Waals surface area contributed by atoms with Crippen molar-refractivity contribution >= 4 is 0 Å². The summed E-state index contributed by atoms with van der Waals surface area (Å²) in [5.41, 5.74) is -0.0550. The van der Waals surface area contributed by atoms with Crippen molar-refractivity contribution in [2.45, 2.75) is 58.1 Å². The number of nitrogens with zero attached hydrogens (tertiary/aromatic N) is 1. The molecule has 1 unspecified atom stereocenters. The zero-order valence-corrected chi connectivity index (χ0v) is 11.0. The van der Waals surface area contributed by atoms with Gasteiger partial charge in [0.15, 0.2) is 0 Å². The number of aliphatic hydroxyl groups excluding tert-OH is 1. The van der Waals surface area contributed by atoms with Crippen LogP contribution in [0.2, 0.25) is 0 Å². The molecule has 1 aliphatic heterocycles. The van der Waals surface area contributed by atoms with Crippen LogP contribution in [0.1, 0.15) is 46.5 Å². The Hall–Kier alpha value is -0.120. The quantitative estimate of drug-likeness (QED) is 0.800. The topological polar surface area (TPSA) is 32.7 Å². The summed E-state index contributed by atoms with van der Waals surface area (Å²) in [6.07, 6.45) is 4.94. The van der Waals surface area contributed by atoms with Crippen LogP contribution in [0.25, 0.3) is 0 Å². The van der Waals surface area contributed by atoms with Gasteiger partial charge in [-0.05, 0) is 40.2 Å². The maximum absolute atomic E-state index is 9.36. The van der Waals surface area contributed by atoms with Crippen LogP contribution in [-0.4, -0.2) is 48.0 Å². The zero-order chi connectivity index (χ0) is 12.0. The van der Waals surface area contributed by atoms with Crippen molar-refractivity contribution in [3.05, 3.63) is 0 Å². The van der Waals surface area contributed by atoms with E-state index in [0.29, 0.717) is 6.04 Å². The number of hydrogen-bond acceptors (Lipinski definition) is 3. The highest BCUT2D eigenvalue weighted by molar-refractivity contribution is 4.74. The Morgan fingerprint density at radius 2 is 2.00 bits per heavy atom. The lowest BCUT2D eigenvalue weighted by Gasteiger charge is -2.29. The molecule has 0 aromatic heterocycles. The Labute approximate surface area is 99.8 Å². The molecular formula is C13H27NO2. The van der Waals surface area contributed by atoms with E-state index in [-0.39, 0.29) is 12.2 Å². The minimum atomic E-state index is -0.0550. The SMILES string of the molecule is CC(C)(C)OCCN1CCCCCC1CO. The first-order chi connectivity index (χ1) is 7.53. The van der Waals surface area contributed by atoms with Crippen molar-refractivity contribution < 1.29 is 9.84 Å². The molecule has 1 N–H and O–H groups in total. The number of ether oxygens (including phenoxy) is 1. The van der Waals surface area contributed by atoms with Gasteiger partial charge in [0.2, 0.25) is 0 Å². The van der Waals surface area contributed by atoms with Crippen molar-refractivity contribution in [2.75, 3.05) is 26.3 Å². The van der Waals surface area contributed by atoms with E-state index >= 15 is 0 Å². The smallest absolute Gasteiger partial charge is 0.0600 e. The van der Waals surface area contributed by atoms with Gasteiger partial charge in [-0.3, -0.25) is 4.90 Å². The maximum atomic E-state index is 9.36.